The van der Waals surface area contributed by atoms with Crippen LogP contribution in [0.1, 0.15) is 17.0 Å². The molecule has 134 valence electrons. The maximum Gasteiger partial charge on any atom is 0.233 e. The summed E-state index contributed by atoms with van der Waals surface area (Å²) in [6.07, 6.45) is 6.50. The van der Waals surface area contributed by atoms with E-state index in [1.165, 1.54) is 5.41 Å². The summed E-state index contributed by atoms with van der Waals surface area (Å²) >= 11 is 1.59. The standard InChI is InChI=1S/C19H19N3O2S2/c23-26(24,14-10-16-5-2-1-3-6-16)21-11-4-7-19-22-18(15-25-19)17-8-12-20-13-9-17/h1-3,5-6,8-10,12-15,21H,4,7,11H2/b14-10+. The third-order valence-electron chi connectivity index (χ3n) is 3.64. The highest BCUT2D eigenvalue weighted by Crippen LogP contribution is 2.21. The first kappa shape index (κ1) is 18.4. The second-order valence-electron chi connectivity index (χ2n) is 5.62. The van der Waals surface area contributed by atoms with Crippen LogP contribution in [0.5, 0.6) is 0 Å². The van der Waals surface area contributed by atoms with Crippen LogP contribution in [0.3, 0.4) is 0 Å². The highest BCUT2D eigenvalue weighted by Gasteiger charge is 2.07. The largest absolute Gasteiger partial charge is 0.265 e. The molecule has 2 aromatic heterocycles. The zero-order valence-electron chi connectivity index (χ0n) is 14.1. The summed E-state index contributed by atoms with van der Waals surface area (Å²) in [5.74, 6) is 0. The zero-order chi connectivity index (χ0) is 18.2. The zero-order valence-corrected chi connectivity index (χ0v) is 15.7. The number of hydrogen-bond acceptors (Lipinski definition) is 5. The first-order chi connectivity index (χ1) is 12.6. The van der Waals surface area contributed by atoms with Crippen LogP contribution in [-0.2, 0) is 16.4 Å². The van der Waals surface area contributed by atoms with E-state index in [1.807, 2.05) is 47.8 Å². The molecular formula is C19H19N3O2S2. The number of nitrogens with zero attached hydrogens (tertiary/aromatic N) is 2. The number of thiazole rings is 1. The maximum atomic E-state index is 12.0. The van der Waals surface area contributed by atoms with Crippen LogP contribution in [0, 0.1) is 0 Å². The van der Waals surface area contributed by atoms with Crippen LogP contribution in [0.15, 0.2) is 65.6 Å². The van der Waals surface area contributed by atoms with Crippen molar-refractivity contribution in [3.8, 4) is 11.3 Å². The van der Waals surface area contributed by atoms with E-state index < -0.39 is 10.0 Å². The summed E-state index contributed by atoms with van der Waals surface area (Å²) in [6, 6.07) is 13.2. The normalized spacial score (nSPS) is 11.8. The minimum atomic E-state index is -3.43. The molecule has 26 heavy (non-hydrogen) atoms. The SMILES string of the molecule is O=S(=O)(/C=C/c1ccccc1)NCCCc1nc(-c2ccncc2)cs1. The number of aryl methyl sites for hydroxylation is 1. The average Bonchev–Trinajstić information content (AvgIpc) is 3.14. The number of aromatic nitrogens is 2. The number of sulfonamides is 1. The molecule has 0 saturated heterocycles. The van der Waals surface area contributed by atoms with Crippen molar-refractivity contribution in [1.82, 2.24) is 14.7 Å². The second kappa shape index (κ2) is 8.84. The van der Waals surface area contributed by atoms with Gasteiger partial charge in [-0.25, -0.2) is 18.1 Å². The topological polar surface area (TPSA) is 72.0 Å². The van der Waals surface area contributed by atoms with Gasteiger partial charge in [-0.2, -0.15) is 0 Å². The molecule has 0 unspecified atom stereocenters. The Balaban J connectivity index is 1.47. The number of nitrogens with one attached hydrogen (secondary N) is 1. The van der Waals surface area contributed by atoms with E-state index in [0.29, 0.717) is 13.0 Å². The van der Waals surface area contributed by atoms with Crippen LogP contribution < -0.4 is 4.72 Å². The van der Waals surface area contributed by atoms with Crippen LogP contribution >= 0.6 is 11.3 Å². The molecule has 0 spiro atoms. The van der Waals surface area contributed by atoms with Gasteiger partial charge in [-0.1, -0.05) is 30.3 Å². The highest BCUT2D eigenvalue weighted by molar-refractivity contribution is 7.92. The van der Waals surface area contributed by atoms with Crippen molar-refractivity contribution in [2.45, 2.75) is 12.8 Å². The molecule has 0 aliphatic carbocycles. The van der Waals surface area contributed by atoms with Crippen molar-refractivity contribution in [3.05, 3.63) is 76.2 Å². The molecule has 3 aromatic rings. The molecular weight excluding hydrogens is 366 g/mol. The molecule has 0 bridgehead atoms. The molecule has 2 heterocycles. The Kier molecular flexibility index (Phi) is 6.27. The van der Waals surface area contributed by atoms with Gasteiger partial charge in [-0.05, 0) is 30.2 Å². The Morgan fingerprint density at radius 3 is 2.62 bits per heavy atom. The van der Waals surface area contributed by atoms with Crippen LogP contribution in [0.4, 0.5) is 0 Å². The molecule has 7 heteroatoms. The van der Waals surface area contributed by atoms with Gasteiger partial charge < -0.3 is 0 Å². The Labute approximate surface area is 157 Å². The minimum Gasteiger partial charge on any atom is -0.265 e. The second-order valence-corrected chi connectivity index (χ2v) is 8.21. The Bertz CT molecular complexity index is 953. The fraction of sp³-hybridized carbons (Fsp3) is 0.158. The summed E-state index contributed by atoms with van der Waals surface area (Å²) in [6.45, 7) is 0.381. The van der Waals surface area contributed by atoms with Gasteiger partial charge in [0.2, 0.25) is 10.0 Å². The molecule has 0 saturated carbocycles. The fourth-order valence-electron chi connectivity index (χ4n) is 2.32. The summed E-state index contributed by atoms with van der Waals surface area (Å²) < 4.78 is 26.6. The van der Waals surface area contributed by atoms with Crippen LogP contribution in [-0.4, -0.2) is 24.9 Å². The van der Waals surface area contributed by atoms with Gasteiger partial charge in [-0.15, -0.1) is 11.3 Å². The number of hydrogen-bond donors (Lipinski definition) is 1. The van der Waals surface area contributed by atoms with Crippen molar-refractivity contribution in [1.29, 1.82) is 0 Å². The van der Waals surface area contributed by atoms with Crippen molar-refractivity contribution in [3.63, 3.8) is 0 Å². The van der Waals surface area contributed by atoms with E-state index in [1.54, 1.807) is 29.8 Å². The van der Waals surface area contributed by atoms with Crippen molar-refractivity contribution in [2.75, 3.05) is 6.54 Å². The van der Waals surface area contributed by atoms with Crippen LogP contribution in [0.2, 0.25) is 0 Å². The van der Waals surface area contributed by atoms with Crippen molar-refractivity contribution in [2.24, 2.45) is 0 Å². The van der Waals surface area contributed by atoms with Gasteiger partial charge in [0.15, 0.2) is 0 Å². The molecule has 1 aromatic carbocycles. The van der Waals surface area contributed by atoms with E-state index in [0.717, 1.165) is 28.2 Å². The number of benzene rings is 1. The lowest BCUT2D eigenvalue weighted by Crippen LogP contribution is -2.22. The number of rotatable bonds is 8. The lowest BCUT2D eigenvalue weighted by atomic mass is 10.2. The summed E-state index contributed by atoms with van der Waals surface area (Å²) in [7, 11) is -3.43. The van der Waals surface area contributed by atoms with E-state index in [2.05, 4.69) is 14.7 Å². The average molecular weight is 386 g/mol. The molecule has 0 amide bonds. The molecule has 5 nitrogen and oxygen atoms in total. The Morgan fingerprint density at radius 1 is 1.08 bits per heavy atom. The van der Waals surface area contributed by atoms with E-state index >= 15 is 0 Å². The van der Waals surface area contributed by atoms with E-state index in [9.17, 15) is 8.42 Å². The first-order valence-corrected chi connectivity index (χ1v) is 10.6. The fourth-order valence-corrected chi connectivity index (χ4v) is 4.03. The van der Waals surface area contributed by atoms with Gasteiger partial charge in [0, 0.05) is 41.7 Å². The van der Waals surface area contributed by atoms with E-state index in [4.69, 9.17) is 0 Å². The quantitative estimate of drug-likeness (QED) is 0.600. The van der Waals surface area contributed by atoms with Gasteiger partial charge in [0.1, 0.15) is 0 Å². The highest BCUT2D eigenvalue weighted by atomic mass is 32.2. The molecule has 1 N–H and O–H groups in total. The molecule has 0 aliphatic rings. The summed E-state index contributed by atoms with van der Waals surface area (Å²) in [5.41, 5.74) is 2.82. The van der Waals surface area contributed by atoms with Crippen molar-refractivity contribution >= 4 is 27.4 Å². The molecule has 3 rings (SSSR count). The molecule has 0 atom stereocenters. The Hall–Kier alpha value is -2.35. The predicted octanol–water partition coefficient (Wildman–Crippen LogP) is 3.73. The first-order valence-electron chi connectivity index (χ1n) is 8.20. The number of pyridine rings is 1. The molecule has 0 fully saturated rings. The van der Waals surface area contributed by atoms with E-state index in [-0.39, 0.29) is 0 Å². The van der Waals surface area contributed by atoms with Gasteiger partial charge >= 0.3 is 0 Å². The third-order valence-corrected chi connectivity index (χ3v) is 5.65. The molecule has 0 radical (unpaired) electrons. The lowest BCUT2D eigenvalue weighted by molar-refractivity contribution is 0.588. The summed E-state index contributed by atoms with van der Waals surface area (Å²) in [4.78, 5) is 8.59. The minimum absolute atomic E-state index is 0.381. The Morgan fingerprint density at radius 2 is 1.85 bits per heavy atom. The van der Waals surface area contributed by atoms with Gasteiger partial charge in [0.25, 0.3) is 0 Å². The smallest absolute Gasteiger partial charge is 0.233 e. The monoisotopic (exact) mass is 385 g/mol. The third kappa shape index (κ3) is 5.59. The van der Waals surface area contributed by atoms with Crippen molar-refractivity contribution < 1.29 is 8.42 Å². The van der Waals surface area contributed by atoms with Gasteiger partial charge in [0.05, 0.1) is 10.7 Å². The molecule has 0 aliphatic heterocycles. The summed E-state index contributed by atoms with van der Waals surface area (Å²) in [5, 5.41) is 4.21. The lowest BCUT2D eigenvalue weighted by Gasteiger charge is -2.02. The van der Waals surface area contributed by atoms with Crippen LogP contribution in [0.25, 0.3) is 17.3 Å². The predicted molar refractivity (Wildman–Crippen MR) is 106 cm³/mol. The van der Waals surface area contributed by atoms with Gasteiger partial charge in [-0.3, -0.25) is 4.98 Å². The maximum absolute atomic E-state index is 12.0.